The number of hydrogen-bond donors (Lipinski definition) is 1. The number of nitrogens with zero attached hydrogens (tertiary/aromatic N) is 3. The van der Waals surface area contributed by atoms with Crippen LogP contribution in [-0.4, -0.2) is 34.8 Å². The van der Waals surface area contributed by atoms with Gasteiger partial charge in [0.25, 0.3) is 0 Å². The van der Waals surface area contributed by atoms with Crippen LogP contribution in [0.5, 0.6) is 0 Å². The monoisotopic (exact) mass is 249 g/mol. The number of anilines is 1. The van der Waals surface area contributed by atoms with Crippen molar-refractivity contribution in [2.24, 2.45) is 0 Å². The highest BCUT2D eigenvalue weighted by Crippen LogP contribution is 2.25. The molecular weight excluding hydrogens is 226 g/mol. The van der Waals surface area contributed by atoms with E-state index < -0.39 is 0 Å². The summed E-state index contributed by atoms with van der Waals surface area (Å²) in [4.78, 5) is 11.0. The van der Waals surface area contributed by atoms with Gasteiger partial charge in [-0.1, -0.05) is 6.42 Å². The number of fused-ring (bicyclic) bond motifs is 1. The second kappa shape index (κ2) is 6.14. The topological polar surface area (TPSA) is 49.2 Å². The van der Waals surface area contributed by atoms with Crippen LogP contribution in [0.25, 0.3) is 0 Å². The van der Waals surface area contributed by atoms with Gasteiger partial charge in [-0.2, -0.15) is 0 Å². The molecule has 0 bridgehead atoms. The Hall–Kier alpha value is -1.16. The Labute approximate surface area is 109 Å². The summed E-state index contributed by atoms with van der Waals surface area (Å²) in [6.45, 7) is 2.66. The maximum atomic E-state index is 9.37. The van der Waals surface area contributed by atoms with Crippen molar-refractivity contribution in [1.82, 2.24) is 9.97 Å². The van der Waals surface area contributed by atoms with E-state index in [2.05, 4.69) is 21.9 Å². The van der Waals surface area contributed by atoms with E-state index in [1.165, 1.54) is 30.5 Å². The quantitative estimate of drug-likeness (QED) is 0.829. The lowest BCUT2D eigenvalue weighted by Gasteiger charge is -2.22. The number of aliphatic hydroxyl groups is 1. The van der Waals surface area contributed by atoms with Crippen molar-refractivity contribution in [3.05, 3.63) is 17.6 Å². The second-order valence-corrected chi connectivity index (χ2v) is 5.24. The van der Waals surface area contributed by atoms with Crippen LogP contribution in [-0.2, 0) is 12.8 Å². The molecule has 1 aliphatic carbocycles. The van der Waals surface area contributed by atoms with Gasteiger partial charge in [-0.25, -0.2) is 9.97 Å². The lowest BCUT2D eigenvalue weighted by molar-refractivity contribution is 0.187. The summed E-state index contributed by atoms with van der Waals surface area (Å²) in [5, 5.41) is 9.37. The van der Waals surface area contributed by atoms with E-state index in [9.17, 15) is 5.11 Å². The molecule has 2 rings (SSSR count). The molecule has 1 N–H and O–H groups in total. The van der Waals surface area contributed by atoms with E-state index in [1.54, 1.807) is 6.33 Å². The first-order valence-corrected chi connectivity index (χ1v) is 6.90. The molecule has 0 amide bonds. The van der Waals surface area contributed by atoms with Crippen molar-refractivity contribution < 1.29 is 5.11 Å². The van der Waals surface area contributed by atoms with Crippen LogP contribution in [0.2, 0.25) is 0 Å². The number of aliphatic hydroxyl groups excluding tert-OH is 1. The molecular formula is C14H23N3O. The van der Waals surface area contributed by atoms with Gasteiger partial charge in [0.2, 0.25) is 0 Å². The standard InChI is InChI=1S/C14H23N3O/c1-11(18)8-9-17(2)14-12-6-4-3-5-7-13(12)15-10-16-14/h10-11,18H,3-9H2,1-2H3. The summed E-state index contributed by atoms with van der Waals surface area (Å²) in [5.41, 5.74) is 2.55. The van der Waals surface area contributed by atoms with Gasteiger partial charge in [0.15, 0.2) is 0 Å². The molecule has 100 valence electrons. The van der Waals surface area contributed by atoms with Crippen molar-refractivity contribution in [2.45, 2.75) is 51.6 Å². The minimum Gasteiger partial charge on any atom is -0.393 e. The van der Waals surface area contributed by atoms with E-state index >= 15 is 0 Å². The van der Waals surface area contributed by atoms with Gasteiger partial charge < -0.3 is 10.0 Å². The Balaban J connectivity index is 2.16. The Morgan fingerprint density at radius 3 is 2.83 bits per heavy atom. The zero-order valence-corrected chi connectivity index (χ0v) is 11.4. The van der Waals surface area contributed by atoms with Crippen molar-refractivity contribution >= 4 is 5.82 Å². The molecule has 1 aromatic heterocycles. The average molecular weight is 249 g/mol. The summed E-state index contributed by atoms with van der Waals surface area (Å²) < 4.78 is 0. The van der Waals surface area contributed by atoms with Crippen LogP contribution in [0, 0.1) is 0 Å². The van der Waals surface area contributed by atoms with E-state index in [-0.39, 0.29) is 6.10 Å². The molecule has 1 heterocycles. The molecule has 1 unspecified atom stereocenters. The third kappa shape index (κ3) is 3.19. The highest BCUT2D eigenvalue weighted by molar-refractivity contribution is 5.48. The molecule has 0 aliphatic heterocycles. The summed E-state index contributed by atoms with van der Waals surface area (Å²) in [6, 6.07) is 0. The van der Waals surface area contributed by atoms with Crippen molar-refractivity contribution in [3.63, 3.8) is 0 Å². The highest BCUT2D eigenvalue weighted by Gasteiger charge is 2.16. The highest BCUT2D eigenvalue weighted by atomic mass is 16.3. The molecule has 0 saturated heterocycles. The Morgan fingerprint density at radius 1 is 1.28 bits per heavy atom. The third-order valence-corrected chi connectivity index (χ3v) is 3.60. The summed E-state index contributed by atoms with van der Waals surface area (Å²) in [5.74, 6) is 1.06. The van der Waals surface area contributed by atoms with E-state index in [0.717, 1.165) is 31.6 Å². The zero-order valence-electron chi connectivity index (χ0n) is 11.4. The molecule has 1 aromatic rings. The summed E-state index contributed by atoms with van der Waals surface area (Å²) in [6.07, 6.45) is 8.12. The molecule has 0 fully saturated rings. The summed E-state index contributed by atoms with van der Waals surface area (Å²) >= 11 is 0. The zero-order chi connectivity index (χ0) is 13.0. The average Bonchev–Trinajstić information content (AvgIpc) is 2.60. The fourth-order valence-electron chi connectivity index (χ4n) is 2.50. The maximum absolute atomic E-state index is 9.37. The van der Waals surface area contributed by atoms with Gasteiger partial charge in [-0.3, -0.25) is 0 Å². The largest absolute Gasteiger partial charge is 0.393 e. The summed E-state index contributed by atoms with van der Waals surface area (Å²) in [7, 11) is 2.05. The Morgan fingerprint density at radius 2 is 2.06 bits per heavy atom. The van der Waals surface area contributed by atoms with Crippen molar-refractivity contribution in [1.29, 1.82) is 0 Å². The fraction of sp³-hybridized carbons (Fsp3) is 0.714. The van der Waals surface area contributed by atoms with Crippen molar-refractivity contribution in [2.75, 3.05) is 18.5 Å². The fourth-order valence-corrected chi connectivity index (χ4v) is 2.50. The molecule has 4 nitrogen and oxygen atoms in total. The normalized spacial score (nSPS) is 16.8. The van der Waals surface area contributed by atoms with Crippen LogP contribution in [0.4, 0.5) is 5.82 Å². The second-order valence-electron chi connectivity index (χ2n) is 5.24. The van der Waals surface area contributed by atoms with E-state index in [0.29, 0.717) is 0 Å². The van der Waals surface area contributed by atoms with Crippen LogP contribution < -0.4 is 4.90 Å². The Kier molecular flexibility index (Phi) is 4.53. The van der Waals surface area contributed by atoms with E-state index in [4.69, 9.17) is 0 Å². The van der Waals surface area contributed by atoms with Crippen LogP contribution >= 0.6 is 0 Å². The van der Waals surface area contributed by atoms with E-state index in [1.807, 2.05) is 6.92 Å². The van der Waals surface area contributed by atoms with Gasteiger partial charge >= 0.3 is 0 Å². The molecule has 4 heteroatoms. The molecule has 0 spiro atoms. The first kappa shape index (κ1) is 13.3. The minimum absolute atomic E-state index is 0.257. The van der Waals surface area contributed by atoms with Crippen molar-refractivity contribution in [3.8, 4) is 0 Å². The lowest BCUT2D eigenvalue weighted by atomic mass is 10.1. The van der Waals surface area contributed by atoms with Crippen LogP contribution in [0.1, 0.15) is 43.9 Å². The molecule has 0 aromatic carbocycles. The first-order valence-electron chi connectivity index (χ1n) is 6.90. The minimum atomic E-state index is -0.257. The molecule has 1 aliphatic rings. The van der Waals surface area contributed by atoms with Gasteiger partial charge in [-0.05, 0) is 39.0 Å². The number of rotatable bonds is 4. The van der Waals surface area contributed by atoms with Gasteiger partial charge in [0.05, 0.1) is 6.10 Å². The molecule has 1 atom stereocenters. The van der Waals surface area contributed by atoms with Crippen LogP contribution in [0.3, 0.4) is 0 Å². The smallest absolute Gasteiger partial charge is 0.135 e. The third-order valence-electron chi connectivity index (χ3n) is 3.60. The van der Waals surface area contributed by atoms with Gasteiger partial charge in [-0.15, -0.1) is 0 Å². The van der Waals surface area contributed by atoms with Gasteiger partial charge in [0, 0.05) is 24.8 Å². The predicted molar refractivity (Wildman–Crippen MR) is 72.9 cm³/mol. The number of aryl methyl sites for hydroxylation is 1. The lowest BCUT2D eigenvalue weighted by Crippen LogP contribution is -2.24. The number of aromatic nitrogens is 2. The maximum Gasteiger partial charge on any atom is 0.135 e. The predicted octanol–water partition coefficient (Wildman–Crippen LogP) is 1.95. The molecule has 0 radical (unpaired) electrons. The molecule has 18 heavy (non-hydrogen) atoms. The SMILES string of the molecule is CC(O)CCN(C)c1ncnc2c1CCCCC2. The van der Waals surface area contributed by atoms with Gasteiger partial charge in [0.1, 0.15) is 12.1 Å². The van der Waals surface area contributed by atoms with Crippen LogP contribution in [0.15, 0.2) is 6.33 Å². The first-order chi connectivity index (χ1) is 8.68. The molecule has 0 saturated carbocycles. The Bertz CT molecular complexity index is 393. The number of hydrogen-bond acceptors (Lipinski definition) is 4.